The first kappa shape index (κ1) is 14.0. The first-order valence-electron chi connectivity index (χ1n) is 6.15. The quantitative estimate of drug-likeness (QED) is 0.369. The highest BCUT2D eigenvalue weighted by atomic mass is 16.7. The van der Waals surface area contributed by atoms with Gasteiger partial charge in [-0.15, -0.1) is 0 Å². The molecule has 1 atom stereocenters. The topological polar surface area (TPSA) is 97.4 Å². The number of oxime groups is 1. The van der Waals surface area contributed by atoms with E-state index in [4.69, 9.17) is 20.4 Å². The molecule has 3 N–H and O–H groups in total. The largest absolute Gasteiger partial charge is 0.454 e. The summed E-state index contributed by atoms with van der Waals surface area (Å²) in [6, 6.07) is 5.03. The smallest absolute Gasteiger partial charge is 0.253 e. The van der Waals surface area contributed by atoms with Crippen LogP contribution < -0.4 is 15.2 Å². The summed E-state index contributed by atoms with van der Waals surface area (Å²) in [6.45, 7) is 2.30. The number of amidine groups is 1. The molecule has 1 amide bonds. The van der Waals surface area contributed by atoms with Gasteiger partial charge in [-0.3, -0.25) is 4.79 Å². The fourth-order valence-corrected chi connectivity index (χ4v) is 1.94. The zero-order valence-electron chi connectivity index (χ0n) is 11.4. The van der Waals surface area contributed by atoms with Gasteiger partial charge in [-0.1, -0.05) is 12.1 Å². The first-order valence-corrected chi connectivity index (χ1v) is 6.15. The fraction of sp³-hybridized carbons (Fsp3) is 0.385. The molecule has 7 nitrogen and oxygen atoms in total. The molecule has 0 saturated heterocycles. The van der Waals surface area contributed by atoms with Crippen molar-refractivity contribution in [1.29, 1.82) is 0 Å². The first-order chi connectivity index (χ1) is 9.52. The van der Waals surface area contributed by atoms with Crippen molar-refractivity contribution in [3.63, 3.8) is 0 Å². The van der Waals surface area contributed by atoms with Crippen LogP contribution in [-0.2, 0) is 0 Å². The van der Waals surface area contributed by atoms with Crippen LogP contribution in [0.3, 0.4) is 0 Å². The zero-order chi connectivity index (χ0) is 14.7. The summed E-state index contributed by atoms with van der Waals surface area (Å²) in [6.07, 6.45) is 0. The van der Waals surface area contributed by atoms with Gasteiger partial charge >= 0.3 is 0 Å². The fourth-order valence-electron chi connectivity index (χ4n) is 1.94. The van der Waals surface area contributed by atoms with Crippen LogP contribution in [0.2, 0.25) is 0 Å². The summed E-state index contributed by atoms with van der Waals surface area (Å²) in [5.74, 6) is 0.891. The molecule has 0 aliphatic carbocycles. The third-order valence-electron chi connectivity index (χ3n) is 3.13. The number of carbonyl (C=O) groups excluding carboxylic acids is 1. The van der Waals surface area contributed by atoms with Crippen molar-refractivity contribution in [1.82, 2.24) is 4.90 Å². The predicted octanol–water partition coefficient (Wildman–Crippen LogP) is 0.870. The standard InChI is InChI=1S/C13H17N3O4/c1-8(12(14)15-18)6-16(2)13(17)9-3-4-10-11(5-9)20-7-19-10/h3-5,8,18H,6-7H2,1-2H3,(H2,14,15). The molecule has 2 rings (SSSR count). The van der Waals surface area contributed by atoms with E-state index in [0.29, 0.717) is 23.6 Å². The number of amides is 1. The molecule has 1 aliphatic rings. The Balaban J connectivity index is 2.07. The van der Waals surface area contributed by atoms with Crippen LogP contribution in [-0.4, -0.2) is 42.2 Å². The minimum atomic E-state index is -0.233. The normalized spacial score (nSPS) is 15.0. The lowest BCUT2D eigenvalue weighted by molar-refractivity contribution is 0.0785. The number of rotatable bonds is 4. The molecular weight excluding hydrogens is 262 g/mol. The van der Waals surface area contributed by atoms with E-state index in [9.17, 15) is 4.79 Å². The van der Waals surface area contributed by atoms with Crippen LogP contribution >= 0.6 is 0 Å². The van der Waals surface area contributed by atoms with Gasteiger partial charge in [-0.05, 0) is 18.2 Å². The Morgan fingerprint density at radius 1 is 1.50 bits per heavy atom. The summed E-state index contributed by atoms with van der Waals surface area (Å²) in [7, 11) is 1.66. The van der Waals surface area contributed by atoms with Gasteiger partial charge in [-0.25, -0.2) is 0 Å². The van der Waals surface area contributed by atoms with Crippen LogP contribution in [0.5, 0.6) is 11.5 Å². The van der Waals surface area contributed by atoms with Crippen molar-refractivity contribution in [2.45, 2.75) is 6.92 Å². The van der Waals surface area contributed by atoms with Crippen LogP contribution in [0.15, 0.2) is 23.4 Å². The monoisotopic (exact) mass is 279 g/mol. The highest BCUT2D eigenvalue weighted by Gasteiger charge is 2.20. The second kappa shape index (κ2) is 5.68. The lowest BCUT2D eigenvalue weighted by Crippen LogP contribution is -2.36. The molecule has 108 valence electrons. The number of carbonyl (C=O) groups is 1. The molecule has 0 bridgehead atoms. The molecule has 0 spiro atoms. The van der Waals surface area contributed by atoms with Crippen molar-refractivity contribution in [3.8, 4) is 11.5 Å². The molecule has 1 unspecified atom stereocenters. The van der Waals surface area contributed by atoms with E-state index in [1.54, 1.807) is 32.2 Å². The maximum absolute atomic E-state index is 12.3. The summed E-state index contributed by atoms with van der Waals surface area (Å²) in [5.41, 5.74) is 6.01. The Hall–Kier alpha value is -2.44. The molecule has 0 fully saturated rings. The number of fused-ring (bicyclic) bond motifs is 1. The van der Waals surface area contributed by atoms with Crippen molar-refractivity contribution in [2.24, 2.45) is 16.8 Å². The number of benzene rings is 1. The van der Waals surface area contributed by atoms with Gasteiger partial charge in [0.15, 0.2) is 11.5 Å². The Morgan fingerprint density at radius 2 is 2.20 bits per heavy atom. The number of hydrogen-bond donors (Lipinski definition) is 2. The Bertz CT molecular complexity index is 544. The second-order valence-electron chi connectivity index (χ2n) is 4.68. The van der Waals surface area contributed by atoms with Crippen LogP contribution in [0, 0.1) is 5.92 Å². The Labute approximate surface area is 116 Å². The summed E-state index contributed by atoms with van der Waals surface area (Å²) >= 11 is 0. The number of nitrogens with zero attached hydrogens (tertiary/aromatic N) is 2. The highest BCUT2D eigenvalue weighted by Crippen LogP contribution is 2.32. The Morgan fingerprint density at radius 3 is 2.90 bits per heavy atom. The number of nitrogens with two attached hydrogens (primary N) is 1. The van der Waals surface area contributed by atoms with E-state index >= 15 is 0 Å². The van der Waals surface area contributed by atoms with Gasteiger partial charge in [0.25, 0.3) is 5.91 Å². The minimum absolute atomic E-state index is 0.0929. The van der Waals surface area contributed by atoms with Gasteiger partial charge in [0.05, 0.1) is 0 Å². The van der Waals surface area contributed by atoms with E-state index < -0.39 is 0 Å². The molecule has 1 aromatic rings. The average molecular weight is 279 g/mol. The van der Waals surface area contributed by atoms with Crippen LogP contribution in [0.4, 0.5) is 0 Å². The van der Waals surface area contributed by atoms with Crippen molar-refractivity contribution in [3.05, 3.63) is 23.8 Å². The van der Waals surface area contributed by atoms with Crippen LogP contribution in [0.25, 0.3) is 0 Å². The average Bonchev–Trinajstić information content (AvgIpc) is 2.92. The van der Waals surface area contributed by atoms with E-state index in [0.717, 1.165) is 0 Å². The maximum Gasteiger partial charge on any atom is 0.253 e. The van der Waals surface area contributed by atoms with E-state index in [1.807, 2.05) is 0 Å². The van der Waals surface area contributed by atoms with Crippen molar-refractivity contribution >= 4 is 11.7 Å². The SMILES string of the molecule is CC(CN(C)C(=O)c1ccc2c(c1)OCO2)C(N)=NO. The van der Waals surface area contributed by atoms with Crippen molar-refractivity contribution in [2.75, 3.05) is 20.4 Å². The zero-order valence-corrected chi connectivity index (χ0v) is 11.4. The molecule has 0 aromatic heterocycles. The molecular formula is C13H17N3O4. The Kier molecular flexibility index (Phi) is 3.97. The van der Waals surface area contributed by atoms with Gasteiger partial charge < -0.3 is 25.3 Å². The van der Waals surface area contributed by atoms with Gasteiger partial charge in [0.2, 0.25) is 6.79 Å². The summed E-state index contributed by atoms with van der Waals surface area (Å²) in [5, 5.41) is 11.5. The van der Waals surface area contributed by atoms with Gasteiger partial charge in [-0.2, -0.15) is 0 Å². The molecule has 20 heavy (non-hydrogen) atoms. The van der Waals surface area contributed by atoms with E-state index in [2.05, 4.69) is 5.16 Å². The lowest BCUT2D eigenvalue weighted by Gasteiger charge is -2.21. The molecule has 1 aromatic carbocycles. The van der Waals surface area contributed by atoms with Gasteiger partial charge in [0.1, 0.15) is 5.84 Å². The third-order valence-corrected chi connectivity index (χ3v) is 3.13. The second-order valence-corrected chi connectivity index (χ2v) is 4.68. The molecule has 1 aliphatic heterocycles. The lowest BCUT2D eigenvalue weighted by atomic mass is 10.1. The molecule has 0 radical (unpaired) electrons. The maximum atomic E-state index is 12.3. The van der Waals surface area contributed by atoms with Crippen LogP contribution in [0.1, 0.15) is 17.3 Å². The predicted molar refractivity (Wildman–Crippen MR) is 72.1 cm³/mol. The van der Waals surface area contributed by atoms with E-state index in [1.165, 1.54) is 4.90 Å². The number of hydrogen-bond acceptors (Lipinski definition) is 5. The van der Waals surface area contributed by atoms with E-state index in [-0.39, 0.29) is 24.5 Å². The van der Waals surface area contributed by atoms with Gasteiger partial charge in [0, 0.05) is 25.1 Å². The minimum Gasteiger partial charge on any atom is -0.454 e. The summed E-state index contributed by atoms with van der Waals surface area (Å²) in [4.78, 5) is 13.8. The van der Waals surface area contributed by atoms with Crippen molar-refractivity contribution < 1.29 is 19.5 Å². The highest BCUT2D eigenvalue weighted by molar-refractivity contribution is 5.95. The number of ether oxygens (including phenoxy) is 2. The summed E-state index contributed by atoms with van der Waals surface area (Å²) < 4.78 is 10.4. The molecule has 7 heteroatoms. The molecule has 0 saturated carbocycles. The third kappa shape index (κ3) is 2.76. The molecule has 1 heterocycles.